The summed E-state index contributed by atoms with van der Waals surface area (Å²) in [4.78, 5) is 22.0. The Hall–Kier alpha value is -1.84. The molecule has 1 aromatic rings. The highest BCUT2D eigenvalue weighted by atomic mass is 16.5. The Morgan fingerprint density at radius 3 is 1.47 bits per heavy atom. The maximum atomic E-state index is 11.3. The number of ether oxygens (including phenoxy) is 1. The number of benzene rings is 1. The summed E-state index contributed by atoms with van der Waals surface area (Å²) in [5.41, 5.74) is 0.178. The lowest BCUT2D eigenvalue weighted by atomic mass is 10.0. The number of Topliss-reactive ketones (excluding diaryl/α,β-unsaturated/α-hetero) is 1. The summed E-state index contributed by atoms with van der Waals surface area (Å²) in [6.45, 7) is 2.93. The molecule has 0 saturated carbocycles. The lowest BCUT2D eigenvalue weighted by Gasteiger charge is -2.07. The summed E-state index contributed by atoms with van der Waals surface area (Å²) in [5.74, 6) is -1.64. The first kappa shape index (κ1) is 26.2. The first-order valence-electron chi connectivity index (χ1n) is 12.2. The second-order valence-electron chi connectivity index (χ2n) is 8.31. The highest BCUT2D eigenvalue weighted by Crippen LogP contribution is 2.15. The molecule has 0 spiro atoms. The monoisotopic (exact) mass is 418 g/mol. The molecule has 4 heteroatoms. The number of rotatable bonds is 20. The number of hydrogen-bond acceptors (Lipinski definition) is 3. The van der Waals surface area contributed by atoms with Crippen LogP contribution in [0.5, 0.6) is 5.75 Å². The van der Waals surface area contributed by atoms with E-state index in [1.807, 2.05) is 0 Å². The van der Waals surface area contributed by atoms with Crippen LogP contribution in [0.25, 0.3) is 0 Å². The Bertz CT molecular complexity index is 565. The molecule has 0 aromatic heterocycles. The molecule has 0 amide bonds. The second-order valence-corrected chi connectivity index (χ2v) is 8.31. The van der Waals surface area contributed by atoms with Crippen molar-refractivity contribution in [2.75, 3.05) is 6.61 Å². The average Bonchev–Trinajstić information content (AvgIpc) is 2.75. The van der Waals surface area contributed by atoms with Crippen molar-refractivity contribution in [3.8, 4) is 5.75 Å². The summed E-state index contributed by atoms with van der Waals surface area (Å²) in [5, 5.41) is 8.69. The van der Waals surface area contributed by atoms with Gasteiger partial charge in [-0.2, -0.15) is 0 Å². The van der Waals surface area contributed by atoms with E-state index in [9.17, 15) is 9.59 Å². The topological polar surface area (TPSA) is 63.6 Å². The van der Waals surface area contributed by atoms with E-state index < -0.39 is 11.8 Å². The van der Waals surface area contributed by atoms with Crippen molar-refractivity contribution < 1.29 is 19.4 Å². The van der Waals surface area contributed by atoms with Gasteiger partial charge in [-0.15, -0.1) is 0 Å². The summed E-state index contributed by atoms with van der Waals surface area (Å²) < 4.78 is 5.66. The normalized spacial score (nSPS) is 10.8. The van der Waals surface area contributed by atoms with Crippen molar-refractivity contribution in [2.45, 2.75) is 110 Å². The van der Waals surface area contributed by atoms with Gasteiger partial charge in [0.2, 0.25) is 0 Å². The fraction of sp³-hybridized carbons (Fsp3) is 0.692. The van der Waals surface area contributed by atoms with E-state index in [4.69, 9.17) is 9.84 Å². The molecule has 0 aliphatic carbocycles. The Morgan fingerprint density at radius 1 is 0.667 bits per heavy atom. The van der Waals surface area contributed by atoms with Gasteiger partial charge in [0.1, 0.15) is 5.75 Å². The largest absolute Gasteiger partial charge is 0.494 e. The van der Waals surface area contributed by atoms with Crippen molar-refractivity contribution in [1.82, 2.24) is 0 Å². The minimum atomic E-state index is -1.43. The standard InChI is InChI=1S/C26H42O4/c1-2-3-4-5-6-7-8-9-10-11-12-13-14-15-16-17-22-30-24-20-18-23(19-21-24)25(27)26(28)29/h18-21H,2-17,22H2,1H3,(H,28,29). The Morgan fingerprint density at radius 2 is 1.07 bits per heavy atom. The van der Waals surface area contributed by atoms with Crippen molar-refractivity contribution in [1.29, 1.82) is 0 Å². The molecule has 0 aliphatic heterocycles. The van der Waals surface area contributed by atoms with E-state index in [2.05, 4.69) is 6.92 Å². The van der Waals surface area contributed by atoms with Crippen LogP contribution in [-0.4, -0.2) is 23.5 Å². The molecule has 0 heterocycles. The third-order valence-corrected chi connectivity index (χ3v) is 5.58. The molecule has 0 unspecified atom stereocenters. The SMILES string of the molecule is CCCCCCCCCCCCCCCCCCOc1ccc(C(=O)C(=O)O)cc1. The number of carbonyl (C=O) groups excluding carboxylic acids is 1. The average molecular weight is 419 g/mol. The van der Waals surface area contributed by atoms with Gasteiger partial charge in [-0.25, -0.2) is 4.79 Å². The Balaban J connectivity index is 1.86. The molecule has 1 aromatic carbocycles. The third-order valence-electron chi connectivity index (χ3n) is 5.58. The molecule has 0 bridgehead atoms. The number of aliphatic carboxylic acids is 1. The highest BCUT2D eigenvalue weighted by molar-refractivity contribution is 6.39. The van der Waals surface area contributed by atoms with Gasteiger partial charge >= 0.3 is 5.97 Å². The summed E-state index contributed by atoms with van der Waals surface area (Å²) in [6, 6.07) is 6.31. The predicted octanol–water partition coefficient (Wildman–Crippen LogP) is 7.59. The van der Waals surface area contributed by atoms with Crippen LogP contribution >= 0.6 is 0 Å². The smallest absolute Gasteiger partial charge is 0.377 e. The van der Waals surface area contributed by atoms with Crippen LogP contribution in [0.4, 0.5) is 0 Å². The molecular formula is C26H42O4. The minimum Gasteiger partial charge on any atom is -0.494 e. The van der Waals surface area contributed by atoms with Crippen LogP contribution in [0.2, 0.25) is 0 Å². The van der Waals surface area contributed by atoms with E-state index in [-0.39, 0.29) is 5.56 Å². The molecule has 1 N–H and O–H groups in total. The van der Waals surface area contributed by atoms with E-state index in [0.717, 1.165) is 6.42 Å². The molecule has 0 atom stereocenters. The van der Waals surface area contributed by atoms with E-state index in [1.165, 1.54) is 108 Å². The van der Waals surface area contributed by atoms with Crippen LogP contribution in [0.1, 0.15) is 120 Å². The van der Waals surface area contributed by atoms with Crippen molar-refractivity contribution in [3.63, 3.8) is 0 Å². The van der Waals surface area contributed by atoms with Crippen LogP contribution in [0.15, 0.2) is 24.3 Å². The van der Waals surface area contributed by atoms with Gasteiger partial charge < -0.3 is 9.84 Å². The van der Waals surface area contributed by atoms with Crippen LogP contribution < -0.4 is 4.74 Å². The maximum Gasteiger partial charge on any atom is 0.377 e. The van der Waals surface area contributed by atoms with Crippen LogP contribution in [0.3, 0.4) is 0 Å². The minimum absolute atomic E-state index is 0.178. The summed E-state index contributed by atoms with van der Waals surface area (Å²) >= 11 is 0. The van der Waals surface area contributed by atoms with Gasteiger partial charge in [0.05, 0.1) is 6.61 Å². The molecule has 0 saturated heterocycles. The van der Waals surface area contributed by atoms with Gasteiger partial charge in [0, 0.05) is 5.56 Å². The van der Waals surface area contributed by atoms with Crippen molar-refractivity contribution in [2.24, 2.45) is 0 Å². The zero-order valence-electron chi connectivity index (χ0n) is 19.0. The first-order valence-corrected chi connectivity index (χ1v) is 12.2. The number of unbranched alkanes of at least 4 members (excludes halogenated alkanes) is 15. The molecule has 0 aliphatic rings. The van der Waals surface area contributed by atoms with Gasteiger partial charge in [0.25, 0.3) is 5.78 Å². The van der Waals surface area contributed by atoms with Gasteiger partial charge in [-0.05, 0) is 30.7 Å². The zero-order chi connectivity index (χ0) is 21.9. The van der Waals surface area contributed by atoms with Crippen LogP contribution in [0, 0.1) is 0 Å². The number of carbonyl (C=O) groups is 2. The van der Waals surface area contributed by atoms with Gasteiger partial charge in [-0.1, -0.05) is 103 Å². The first-order chi connectivity index (χ1) is 14.6. The summed E-state index contributed by atoms with van der Waals surface area (Å²) in [7, 11) is 0. The molecule has 0 fully saturated rings. The van der Waals surface area contributed by atoms with Gasteiger partial charge in [0.15, 0.2) is 0 Å². The molecule has 4 nitrogen and oxygen atoms in total. The second kappa shape index (κ2) is 18.0. The quantitative estimate of drug-likeness (QED) is 0.134. The highest BCUT2D eigenvalue weighted by Gasteiger charge is 2.13. The molecule has 170 valence electrons. The molecule has 30 heavy (non-hydrogen) atoms. The zero-order valence-corrected chi connectivity index (χ0v) is 19.0. The van der Waals surface area contributed by atoms with Crippen molar-refractivity contribution >= 4 is 11.8 Å². The number of carboxylic acids is 1. The van der Waals surface area contributed by atoms with Crippen LogP contribution in [-0.2, 0) is 4.79 Å². The van der Waals surface area contributed by atoms with E-state index >= 15 is 0 Å². The summed E-state index contributed by atoms with van der Waals surface area (Å²) in [6.07, 6.45) is 21.6. The van der Waals surface area contributed by atoms with Crippen molar-refractivity contribution in [3.05, 3.63) is 29.8 Å². The molecule has 1 rings (SSSR count). The maximum absolute atomic E-state index is 11.3. The van der Waals surface area contributed by atoms with E-state index in [1.54, 1.807) is 12.1 Å². The Kier molecular flexibility index (Phi) is 15.7. The van der Waals surface area contributed by atoms with Gasteiger partial charge in [-0.3, -0.25) is 4.79 Å². The molecule has 0 radical (unpaired) electrons. The number of hydrogen-bond donors (Lipinski definition) is 1. The lowest BCUT2D eigenvalue weighted by Crippen LogP contribution is -2.12. The number of carboxylic acid groups (broad SMARTS) is 1. The lowest BCUT2D eigenvalue weighted by molar-refractivity contribution is -0.131. The third kappa shape index (κ3) is 13.4. The fourth-order valence-electron chi connectivity index (χ4n) is 3.67. The predicted molar refractivity (Wildman–Crippen MR) is 123 cm³/mol. The Labute approximate surface area is 183 Å². The molecular weight excluding hydrogens is 376 g/mol. The van der Waals surface area contributed by atoms with E-state index in [0.29, 0.717) is 12.4 Å². The number of ketones is 1. The fourth-order valence-corrected chi connectivity index (χ4v) is 3.67.